The second-order valence-electron chi connectivity index (χ2n) is 7.70. The van der Waals surface area contributed by atoms with Gasteiger partial charge in [0.25, 0.3) is 0 Å². The van der Waals surface area contributed by atoms with Crippen LogP contribution < -0.4 is 5.73 Å². The SMILES string of the molecule is Nc1ccc(/C=C/CN2CCN(CCC(O)c3csc4ccccc34)CC2)cc1. The molecule has 2 heterocycles. The predicted molar refractivity (Wildman–Crippen MR) is 124 cm³/mol. The lowest BCUT2D eigenvalue weighted by Gasteiger charge is -2.34. The average Bonchev–Trinajstić information content (AvgIpc) is 3.19. The first kappa shape index (κ1) is 20.1. The van der Waals surface area contributed by atoms with Crippen LogP contribution in [0.1, 0.15) is 23.7 Å². The third-order valence-corrected chi connectivity index (χ3v) is 6.65. The van der Waals surface area contributed by atoms with Crippen LogP contribution in [0, 0.1) is 0 Å². The minimum Gasteiger partial charge on any atom is -0.399 e. The van der Waals surface area contributed by atoms with E-state index in [9.17, 15) is 5.11 Å². The molecule has 4 rings (SSSR count). The van der Waals surface area contributed by atoms with Gasteiger partial charge in [0.1, 0.15) is 0 Å². The number of rotatable bonds is 7. The maximum absolute atomic E-state index is 10.7. The molecule has 0 aliphatic carbocycles. The van der Waals surface area contributed by atoms with Gasteiger partial charge in [-0.2, -0.15) is 0 Å². The van der Waals surface area contributed by atoms with Crippen molar-refractivity contribution < 1.29 is 5.11 Å². The highest BCUT2D eigenvalue weighted by Gasteiger charge is 2.18. The second kappa shape index (κ2) is 9.55. The summed E-state index contributed by atoms with van der Waals surface area (Å²) in [5.41, 5.74) is 8.80. The minimum absolute atomic E-state index is 0.382. The first-order chi connectivity index (χ1) is 14.2. The number of anilines is 1. The summed E-state index contributed by atoms with van der Waals surface area (Å²) in [6, 6.07) is 16.3. The Kier molecular flexibility index (Phi) is 6.62. The van der Waals surface area contributed by atoms with Gasteiger partial charge < -0.3 is 15.7 Å². The molecule has 0 saturated carbocycles. The molecule has 4 nitrogen and oxygen atoms in total. The van der Waals surface area contributed by atoms with Crippen molar-refractivity contribution in [2.75, 3.05) is 45.0 Å². The molecule has 1 fully saturated rings. The first-order valence-electron chi connectivity index (χ1n) is 10.3. The van der Waals surface area contributed by atoms with E-state index >= 15 is 0 Å². The number of nitrogen functional groups attached to an aromatic ring is 1. The zero-order chi connectivity index (χ0) is 20.1. The fraction of sp³-hybridized carbons (Fsp3) is 0.333. The quantitative estimate of drug-likeness (QED) is 0.575. The van der Waals surface area contributed by atoms with Gasteiger partial charge in [0, 0.05) is 49.7 Å². The number of nitrogens with zero attached hydrogens (tertiary/aromatic N) is 2. The summed E-state index contributed by atoms with van der Waals surface area (Å²) in [6.07, 6.45) is 4.80. The van der Waals surface area contributed by atoms with Crippen molar-refractivity contribution >= 4 is 33.2 Å². The summed E-state index contributed by atoms with van der Waals surface area (Å²) in [7, 11) is 0. The summed E-state index contributed by atoms with van der Waals surface area (Å²) in [5.74, 6) is 0. The topological polar surface area (TPSA) is 52.7 Å². The van der Waals surface area contributed by atoms with Gasteiger partial charge >= 0.3 is 0 Å². The third kappa shape index (κ3) is 5.25. The van der Waals surface area contributed by atoms with E-state index in [-0.39, 0.29) is 6.10 Å². The molecule has 3 N–H and O–H groups in total. The molecule has 0 bridgehead atoms. The number of hydrogen-bond acceptors (Lipinski definition) is 5. The molecular formula is C24H29N3OS. The molecule has 5 heteroatoms. The van der Waals surface area contributed by atoms with E-state index in [4.69, 9.17) is 5.73 Å². The summed E-state index contributed by atoms with van der Waals surface area (Å²) >= 11 is 1.72. The van der Waals surface area contributed by atoms with Crippen LogP contribution in [0.15, 0.2) is 60.0 Å². The van der Waals surface area contributed by atoms with E-state index in [1.807, 2.05) is 30.3 Å². The fourth-order valence-corrected chi connectivity index (χ4v) is 4.87. The lowest BCUT2D eigenvalue weighted by molar-refractivity contribution is 0.108. The second-order valence-corrected chi connectivity index (χ2v) is 8.61. The van der Waals surface area contributed by atoms with Crippen molar-refractivity contribution in [1.29, 1.82) is 0 Å². The maximum Gasteiger partial charge on any atom is 0.0816 e. The molecular weight excluding hydrogens is 378 g/mol. The van der Waals surface area contributed by atoms with E-state index in [1.54, 1.807) is 11.3 Å². The third-order valence-electron chi connectivity index (χ3n) is 5.66. The zero-order valence-corrected chi connectivity index (χ0v) is 17.5. The Morgan fingerprint density at radius 3 is 2.52 bits per heavy atom. The van der Waals surface area contributed by atoms with E-state index in [0.717, 1.165) is 56.9 Å². The molecule has 0 spiro atoms. The van der Waals surface area contributed by atoms with Gasteiger partial charge in [-0.25, -0.2) is 0 Å². The average molecular weight is 408 g/mol. The number of piperazine rings is 1. The van der Waals surface area contributed by atoms with Crippen molar-refractivity contribution in [3.63, 3.8) is 0 Å². The monoisotopic (exact) mass is 407 g/mol. The maximum atomic E-state index is 10.7. The molecule has 1 unspecified atom stereocenters. The van der Waals surface area contributed by atoms with Crippen LogP contribution in [0.25, 0.3) is 16.2 Å². The zero-order valence-electron chi connectivity index (χ0n) is 16.7. The normalized spacial score (nSPS) is 17.3. The summed E-state index contributed by atoms with van der Waals surface area (Å²) in [6.45, 7) is 6.19. The number of hydrogen-bond donors (Lipinski definition) is 2. The Labute approximate surface area is 176 Å². The molecule has 0 radical (unpaired) electrons. The number of nitrogens with two attached hydrogens (primary N) is 1. The van der Waals surface area contributed by atoms with Crippen molar-refractivity contribution in [1.82, 2.24) is 9.80 Å². The Hall–Kier alpha value is -2.18. The molecule has 2 aromatic carbocycles. The fourth-order valence-electron chi connectivity index (χ4n) is 3.86. The summed E-state index contributed by atoms with van der Waals surface area (Å²) < 4.78 is 1.25. The highest BCUT2D eigenvalue weighted by atomic mass is 32.1. The number of aliphatic hydroxyl groups excluding tert-OH is 1. The molecule has 1 saturated heterocycles. The van der Waals surface area contributed by atoms with E-state index in [2.05, 4.69) is 45.5 Å². The highest BCUT2D eigenvalue weighted by molar-refractivity contribution is 7.17. The lowest BCUT2D eigenvalue weighted by atomic mass is 10.1. The molecule has 1 atom stereocenters. The molecule has 1 aromatic heterocycles. The standard InChI is InChI=1S/C24H29N3OS/c25-20-9-7-19(8-10-20)4-3-12-26-14-16-27(17-15-26)13-11-23(28)22-18-29-24-6-2-1-5-21(22)24/h1-10,18,23,28H,11-17,25H2/b4-3+. The first-order valence-corrected chi connectivity index (χ1v) is 11.2. The number of thiophene rings is 1. The van der Waals surface area contributed by atoms with Crippen molar-refractivity contribution in [3.05, 3.63) is 71.1 Å². The Morgan fingerprint density at radius 1 is 1.00 bits per heavy atom. The summed E-state index contributed by atoms with van der Waals surface area (Å²) in [5, 5.41) is 14.0. The van der Waals surface area contributed by atoms with Gasteiger partial charge in [0.2, 0.25) is 0 Å². The largest absolute Gasteiger partial charge is 0.399 e. The van der Waals surface area contributed by atoms with Crippen LogP contribution in [0.4, 0.5) is 5.69 Å². The van der Waals surface area contributed by atoms with Gasteiger partial charge in [-0.15, -0.1) is 11.3 Å². The number of fused-ring (bicyclic) bond motifs is 1. The molecule has 29 heavy (non-hydrogen) atoms. The Morgan fingerprint density at radius 2 is 1.72 bits per heavy atom. The smallest absolute Gasteiger partial charge is 0.0816 e. The number of aliphatic hydroxyl groups is 1. The summed E-state index contributed by atoms with van der Waals surface area (Å²) in [4.78, 5) is 4.95. The molecule has 152 valence electrons. The molecule has 1 aliphatic rings. The lowest BCUT2D eigenvalue weighted by Crippen LogP contribution is -2.46. The van der Waals surface area contributed by atoms with Crippen LogP contribution in [0.3, 0.4) is 0 Å². The van der Waals surface area contributed by atoms with Crippen LogP contribution in [0.2, 0.25) is 0 Å². The Balaban J connectivity index is 1.20. The van der Waals surface area contributed by atoms with Gasteiger partial charge in [0.15, 0.2) is 0 Å². The minimum atomic E-state index is -0.382. The van der Waals surface area contributed by atoms with E-state index in [1.165, 1.54) is 15.6 Å². The van der Waals surface area contributed by atoms with Crippen LogP contribution >= 0.6 is 11.3 Å². The molecule has 0 amide bonds. The van der Waals surface area contributed by atoms with Gasteiger partial charge in [0.05, 0.1) is 6.10 Å². The highest BCUT2D eigenvalue weighted by Crippen LogP contribution is 2.31. The Bertz CT molecular complexity index is 942. The van der Waals surface area contributed by atoms with Gasteiger partial charge in [-0.1, -0.05) is 42.5 Å². The van der Waals surface area contributed by atoms with Crippen molar-refractivity contribution in [2.24, 2.45) is 0 Å². The van der Waals surface area contributed by atoms with Crippen molar-refractivity contribution in [2.45, 2.75) is 12.5 Å². The predicted octanol–water partition coefficient (Wildman–Crippen LogP) is 4.24. The molecule has 1 aliphatic heterocycles. The van der Waals surface area contributed by atoms with E-state index < -0.39 is 0 Å². The molecule has 3 aromatic rings. The van der Waals surface area contributed by atoms with Gasteiger partial charge in [-0.3, -0.25) is 4.90 Å². The van der Waals surface area contributed by atoms with Crippen LogP contribution in [0.5, 0.6) is 0 Å². The number of benzene rings is 2. The van der Waals surface area contributed by atoms with Crippen LogP contribution in [-0.4, -0.2) is 54.2 Å². The van der Waals surface area contributed by atoms with Gasteiger partial charge in [-0.05, 0) is 46.5 Å². The van der Waals surface area contributed by atoms with Crippen molar-refractivity contribution in [3.8, 4) is 0 Å². The van der Waals surface area contributed by atoms with Crippen LogP contribution in [-0.2, 0) is 0 Å². The van der Waals surface area contributed by atoms with E-state index in [0.29, 0.717) is 0 Å².